The number of rotatable bonds is 0. The smallest absolute Gasteiger partial charge is 0.195 e. The molecule has 4 atom stereocenters. The molecule has 3 rings (SSSR count). The third-order valence-corrected chi connectivity index (χ3v) is 5.60. The second-order valence-corrected chi connectivity index (χ2v) is 7.53. The first-order valence-electron chi connectivity index (χ1n) is 8.19. The van der Waals surface area contributed by atoms with Gasteiger partial charge in [-0.05, 0) is 24.7 Å². The molecule has 0 bridgehead atoms. The molecular formula is C16H28O4. The van der Waals surface area contributed by atoms with Gasteiger partial charge in [0.25, 0.3) is 0 Å². The van der Waals surface area contributed by atoms with Crippen molar-refractivity contribution in [2.24, 2.45) is 23.7 Å². The van der Waals surface area contributed by atoms with E-state index in [0.29, 0.717) is 23.7 Å². The number of hydrogen-bond donors (Lipinski definition) is 0. The lowest BCUT2D eigenvalue weighted by molar-refractivity contribution is -0.676. The van der Waals surface area contributed by atoms with E-state index in [2.05, 4.69) is 27.7 Å². The molecule has 2 aliphatic carbocycles. The van der Waals surface area contributed by atoms with Crippen LogP contribution in [0.5, 0.6) is 0 Å². The maximum absolute atomic E-state index is 5.85. The van der Waals surface area contributed by atoms with Gasteiger partial charge in [-0.15, -0.1) is 0 Å². The molecule has 0 aromatic carbocycles. The van der Waals surface area contributed by atoms with Crippen molar-refractivity contribution in [2.45, 2.75) is 77.8 Å². The van der Waals surface area contributed by atoms with Gasteiger partial charge < -0.3 is 0 Å². The van der Waals surface area contributed by atoms with E-state index < -0.39 is 11.6 Å². The van der Waals surface area contributed by atoms with Crippen molar-refractivity contribution in [1.82, 2.24) is 0 Å². The van der Waals surface area contributed by atoms with Crippen molar-refractivity contribution < 1.29 is 19.6 Å². The summed E-state index contributed by atoms with van der Waals surface area (Å²) in [7, 11) is 0. The van der Waals surface area contributed by atoms with Crippen LogP contribution in [-0.2, 0) is 19.6 Å². The molecule has 4 heteroatoms. The van der Waals surface area contributed by atoms with Crippen LogP contribution in [0.3, 0.4) is 0 Å². The zero-order valence-electron chi connectivity index (χ0n) is 13.2. The second-order valence-electron chi connectivity index (χ2n) is 7.53. The zero-order chi connectivity index (χ0) is 14.4. The largest absolute Gasteiger partial charge is 0.237 e. The Balaban J connectivity index is 1.72. The van der Waals surface area contributed by atoms with E-state index in [1.807, 2.05) is 0 Å². The van der Waals surface area contributed by atoms with Gasteiger partial charge in [0.15, 0.2) is 0 Å². The minimum absolute atomic E-state index is 0.298. The highest BCUT2D eigenvalue weighted by Crippen LogP contribution is 2.49. The van der Waals surface area contributed by atoms with Gasteiger partial charge in [0.2, 0.25) is 11.6 Å². The van der Waals surface area contributed by atoms with Gasteiger partial charge >= 0.3 is 0 Å². The van der Waals surface area contributed by atoms with E-state index >= 15 is 0 Å². The molecule has 3 fully saturated rings. The number of hydrogen-bond acceptors (Lipinski definition) is 4. The maximum Gasteiger partial charge on any atom is 0.237 e. The highest BCUT2D eigenvalue weighted by molar-refractivity contribution is 4.88. The fraction of sp³-hybridized carbons (Fsp3) is 1.00. The van der Waals surface area contributed by atoms with Crippen molar-refractivity contribution >= 4 is 0 Å². The molecule has 0 aromatic heterocycles. The monoisotopic (exact) mass is 284 g/mol. The first kappa shape index (κ1) is 14.8. The molecule has 3 aliphatic rings. The first-order valence-corrected chi connectivity index (χ1v) is 8.19. The lowest BCUT2D eigenvalue weighted by Crippen LogP contribution is -2.59. The molecule has 4 nitrogen and oxygen atoms in total. The van der Waals surface area contributed by atoms with E-state index in [1.165, 1.54) is 12.8 Å². The summed E-state index contributed by atoms with van der Waals surface area (Å²) in [4.78, 5) is 23.4. The molecule has 2 saturated carbocycles. The molecule has 0 N–H and O–H groups in total. The normalized spacial score (nSPS) is 53.4. The molecule has 1 saturated heterocycles. The Morgan fingerprint density at radius 3 is 1.30 bits per heavy atom. The van der Waals surface area contributed by atoms with Gasteiger partial charge in [0, 0.05) is 24.7 Å². The summed E-state index contributed by atoms with van der Waals surface area (Å²) in [6.45, 7) is 8.78. The van der Waals surface area contributed by atoms with E-state index in [1.54, 1.807) is 0 Å². The second kappa shape index (κ2) is 5.24. The Hall–Kier alpha value is -0.160. The van der Waals surface area contributed by atoms with Crippen LogP contribution in [-0.4, -0.2) is 11.6 Å². The highest BCUT2D eigenvalue weighted by atomic mass is 17.4. The Labute approximate surface area is 122 Å². The van der Waals surface area contributed by atoms with Crippen LogP contribution >= 0.6 is 0 Å². The molecule has 116 valence electrons. The van der Waals surface area contributed by atoms with Gasteiger partial charge in [-0.3, -0.25) is 0 Å². The summed E-state index contributed by atoms with van der Waals surface area (Å²) in [5.74, 6) is 0.345. The van der Waals surface area contributed by atoms with Gasteiger partial charge in [0.1, 0.15) is 0 Å². The summed E-state index contributed by atoms with van der Waals surface area (Å²) in [6, 6.07) is 0. The molecule has 1 aliphatic heterocycles. The van der Waals surface area contributed by atoms with E-state index in [9.17, 15) is 0 Å². The summed E-state index contributed by atoms with van der Waals surface area (Å²) in [5, 5.41) is 0. The van der Waals surface area contributed by atoms with Gasteiger partial charge in [-0.25, -0.2) is 0 Å². The van der Waals surface area contributed by atoms with Crippen molar-refractivity contribution in [2.75, 3.05) is 0 Å². The average molecular weight is 284 g/mol. The molecular weight excluding hydrogens is 256 g/mol. The minimum atomic E-state index is -0.705. The van der Waals surface area contributed by atoms with Crippen LogP contribution in [0.2, 0.25) is 0 Å². The van der Waals surface area contributed by atoms with Crippen LogP contribution in [0.25, 0.3) is 0 Å². The third kappa shape index (κ3) is 2.41. The van der Waals surface area contributed by atoms with Crippen LogP contribution in [0.1, 0.15) is 66.2 Å². The summed E-state index contributed by atoms with van der Waals surface area (Å²) in [6.07, 6.45) is 6.30. The lowest BCUT2D eigenvalue weighted by atomic mass is 9.78. The van der Waals surface area contributed by atoms with E-state index in [-0.39, 0.29) is 0 Å². The van der Waals surface area contributed by atoms with Gasteiger partial charge in [0.05, 0.1) is 0 Å². The quantitative estimate of drug-likeness (QED) is 0.625. The molecule has 0 unspecified atom stereocenters. The SMILES string of the molecule is C[C@@H]1CC[C@H](C)C2(C1)OOC1(C[C@@H](C)CC[C@@H]1C)OO2. The predicted molar refractivity (Wildman–Crippen MR) is 74.2 cm³/mol. The predicted octanol–water partition coefficient (Wildman–Crippen LogP) is 4.20. The third-order valence-electron chi connectivity index (χ3n) is 5.60. The molecule has 0 radical (unpaired) electrons. The molecule has 20 heavy (non-hydrogen) atoms. The molecule has 0 aromatic rings. The van der Waals surface area contributed by atoms with Crippen LogP contribution < -0.4 is 0 Å². The fourth-order valence-corrected chi connectivity index (χ4v) is 3.86. The Bertz CT molecular complexity index is 314. The van der Waals surface area contributed by atoms with Crippen LogP contribution in [0.15, 0.2) is 0 Å². The minimum Gasteiger partial charge on any atom is -0.195 e. The Morgan fingerprint density at radius 1 is 0.600 bits per heavy atom. The lowest BCUT2D eigenvalue weighted by Gasteiger charge is -2.51. The fourth-order valence-electron chi connectivity index (χ4n) is 3.86. The topological polar surface area (TPSA) is 36.9 Å². The summed E-state index contributed by atoms with van der Waals surface area (Å²) in [5.41, 5.74) is 0. The summed E-state index contributed by atoms with van der Waals surface area (Å²) >= 11 is 0. The first-order chi connectivity index (χ1) is 9.46. The van der Waals surface area contributed by atoms with Crippen LogP contribution in [0, 0.1) is 23.7 Å². The molecule has 2 spiro atoms. The Morgan fingerprint density at radius 2 is 0.950 bits per heavy atom. The zero-order valence-corrected chi connectivity index (χ0v) is 13.2. The standard InChI is InChI=1S/C16H28O4/c1-11-5-7-13(3)15(9-11)17-19-16(20-18-15)10-12(2)6-8-14(16)4/h11-14H,5-10H2,1-4H3/t11-,12+,13-,14-,15?,16?/m0/s1. The van der Waals surface area contributed by atoms with Crippen molar-refractivity contribution in [1.29, 1.82) is 0 Å². The molecule has 0 amide bonds. The van der Waals surface area contributed by atoms with Crippen LogP contribution in [0.4, 0.5) is 0 Å². The Kier molecular flexibility index (Phi) is 3.87. The summed E-state index contributed by atoms with van der Waals surface area (Å²) < 4.78 is 0. The average Bonchev–Trinajstić information content (AvgIpc) is 2.42. The van der Waals surface area contributed by atoms with Crippen molar-refractivity contribution in [3.8, 4) is 0 Å². The van der Waals surface area contributed by atoms with Crippen molar-refractivity contribution in [3.63, 3.8) is 0 Å². The van der Waals surface area contributed by atoms with E-state index in [0.717, 1.165) is 25.7 Å². The van der Waals surface area contributed by atoms with Crippen molar-refractivity contribution in [3.05, 3.63) is 0 Å². The van der Waals surface area contributed by atoms with E-state index in [4.69, 9.17) is 19.6 Å². The highest BCUT2D eigenvalue weighted by Gasteiger charge is 2.56. The molecule has 1 heterocycles. The maximum atomic E-state index is 5.85. The van der Waals surface area contributed by atoms with Gasteiger partial charge in [-0.2, -0.15) is 19.6 Å². The van der Waals surface area contributed by atoms with Gasteiger partial charge in [-0.1, -0.05) is 40.5 Å².